The van der Waals surface area contributed by atoms with Crippen molar-refractivity contribution < 1.29 is 19.1 Å². The Bertz CT molecular complexity index is 818. The predicted molar refractivity (Wildman–Crippen MR) is 91.0 cm³/mol. The number of hydrogen-bond donors (Lipinski definition) is 1. The van der Waals surface area contributed by atoms with Gasteiger partial charge in [-0.2, -0.15) is 5.10 Å². The minimum atomic E-state index is -0.491. The van der Waals surface area contributed by atoms with E-state index in [1.54, 1.807) is 30.0 Å². The second kappa shape index (κ2) is 7.14. The normalized spacial score (nSPS) is 13.3. The van der Waals surface area contributed by atoms with Crippen LogP contribution in [0.1, 0.15) is 39.0 Å². The fraction of sp³-hybridized carbons (Fsp3) is 0.353. The van der Waals surface area contributed by atoms with Gasteiger partial charge in [-0.3, -0.25) is 9.89 Å². The molecular formula is C17H18ClN3O4. The van der Waals surface area contributed by atoms with Crippen molar-refractivity contribution in [2.45, 2.75) is 19.9 Å². The van der Waals surface area contributed by atoms with Crippen LogP contribution < -0.4 is 4.74 Å². The summed E-state index contributed by atoms with van der Waals surface area (Å²) in [6.07, 6.45) is 0.580. The average Bonchev–Trinajstić information content (AvgIpc) is 3.04. The maximum absolute atomic E-state index is 12.9. The minimum Gasteiger partial charge on any atom is -0.496 e. The van der Waals surface area contributed by atoms with Crippen molar-refractivity contribution in [3.05, 3.63) is 45.7 Å². The second-order valence-corrected chi connectivity index (χ2v) is 6.01. The molecule has 132 valence electrons. The monoisotopic (exact) mass is 363 g/mol. The fourth-order valence-electron chi connectivity index (χ4n) is 2.85. The van der Waals surface area contributed by atoms with Gasteiger partial charge in [-0.25, -0.2) is 4.79 Å². The van der Waals surface area contributed by atoms with E-state index in [0.717, 1.165) is 5.69 Å². The summed E-state index contributed by atoms with van der Waals surface area (Å²) in [5.41, 5.74) is 2.16. The highest BCUT2D eigenvalue weighted by molar-refractivity contribution is 6.31. The zero-order chi connectivity index (χ0) is 18.0. The number of halogens is 1. The highest BCUT2D eigenvalue weighted by Gasteiger charge is 2.30. The molecule has 0 atom stereocenters. The number of H-pyrrole nitrogens is 1. The number of benzene rings is 1. The van der Waals surface area contributed by atoms with Gasteiger partial charge in [-0.05, 0) is 25.1 Å². The molecule has 7 nitrogen and oxygen atoms in total. The molecule has 2 heterocycles. The Labute approximate surface area is 149 Å². The number of esters is 1. The first kappa shape index (κ1) is 17.3. The summed E-state index contributed by atoms with van der Waals surface area (Å²) in [5, 5.41) is 7.37. The summed E-state index contributed by atoms with van der Waals surface area (Å²) in [5.74, 6) is -0.242. The first-order chi connectivity index (χ1) is 12.0. The van der Waals surface area contributed by atoms with Gasteiger partial charge < -0.3 is 14.4 Å². The molecular weight excluding hydrogens is 346 g/mol. The van der Waals surface area contributed by atoms with Gasteiger partial charge in [0, 0.05) is 29.2 Å². The third kappa shape index (κ3) is 3.32. The van der Waals surface area contributed by atoms with Crippen molar-refractivity contribution in [3.8, 4) is 5.75 Å². The molecule has 0 saturated heterocycles. The number of nitrogens with one attached hydrogen (secondary N) is 1. The molecule has 0 bridgehead atoms. The number of hydrogen-bond acceptors (Lipinski definition) is 5. The van der Waals surface area contributed by atoms with Gasteiger partial charge in [0.1, 0.15) is 5.75 Å². The third-order valence-corrected chi connectivity index (χ3v) is 4.32. The van der Waals surface area contributed by atoms with Crippen LogP contribution in [0.25, 0.3) is 0 Å². The van der Waals surface area contributed by atoms with Gasteiger partial charge in [-0.15, -0.1) is 0 Å². The number of carbonyl (C=O) groups is 2. The topological polar surface area (TPSA) is 84.5 Å². The number of carbonyl (C=O) groups excluding carboxylic acids is 2. The molecule has 0 unspecified atom stereocenters. The molecule has 1 aliphatic rings. The van der Waals surface area contributed by atoms with E-state index in [9.17, 15) is 9.59 Å². The fourth-order valence-corrected chi connectivity index (χ4v) is 3.03. The van der Waals surface area contributed by atoms with Crippen molar-refractivity contribution in [1.29, 1.82) is 0 Å². The van der Waals surface area contributed by atoms with Crippen LogP contribution in [0, 0.1) is 0 Å². The Morgan fingerprint density at radius 1 is 1.40 bits per heavy atom. The van der Waals surface area contributed by atoms with Gasteiger partial charge in [0.25, 0.3) is 5.91 Å². The number of rotatable bonds is 4. The quantitative estimate of drug-likeness (QED) is 0.843. The lowest BCUT2D eigenvalue weighted by Crippen LogP contribution is -2.36. The van der Waals surface area contributed by atoms with E-state index in [1.165, 1.54) is 7.11 Å². The van der Waals surface area contributed by atoms with Crippen molar-refractivity contribution in [2.24, 2.45) is 0 Å². The van der Waals surface area contributed by atoms with Crippen LogP contribution in [0.5, 0.6) is 5.75 Å². The van der Waals surface area contributed by atoms with E-state index in [2.05, 4.69) is 10.2 Å². The molecule has 0 aliphatic carbocycles. The van der Waals surface area contributed by atoms with Gasteiger partial charge in [-0.1, -0.05) is 11.6 Å². The number of amides is 1. The van der Waals surface area contributed by atoms with Crippen LogP contribution in [0.15, 0.2) is 18.2 Å². The lowest BCUT2D eigenvalue weighted by atomic mass is 10.0. The van der Waals surface area contributed by atoms with E-state index in [0.29, 0.717) is 34.9 Å². The van der Waals surface area contributed by atoms with Crippen molar-refractivity contribution in [2.75, 3.05) is 20.3 Å². The zero-order valence-corrected chi connectivity index (χ0v) is 14.7. The minimum absolute atomic E-state index is 0.207. The Kier molecular flexibility index (Phi) is 4.94. The van der Waals surface area contributed by atoms with Crippen LogP contribution in [-0.4, -0.2) is 47.2 Å². The van der Waals surface area contributed by atoms with Crippen molar-refractivity contribution in [1.82, 2.24) is 15.1 Å². The third-order valence-electron chi connectivity index (χ3n) is 4.08. The summed E-state index contributed by atoms with van der Waals surface area (Å²) in [6, 6.07) is 4.91. The highest BCUT2D eigenvalue weighted by Crippen LogP contribution is 2.27. The summed E-state index contributed by atoms with van der Waals surface area (Å²) >= 11 is 6.02. The van der Waals surface area contributed by atoms with Gasteiger partial charge in [0.2, 0.25) is 0 Å². The van der Waals surface area contributed by atoms with Crippen LogP contribution in [0.3, 0.4) is 0 Å². The van der Waals surface area contributed by atoms with E-state index in [-0.39, 0.29) is 24.8 Å². The van der Waals surface area contributed by atoms with E-state index in [1.807, 2.05) is 0 Å². The van der Waals surface area contributed by atoms with Crippen LogP contribution in [-0.2, 0) is 17.7 Å². The van der Waals surface area contributed by atoms with Crippen molar-refractivity contribution in [3.63, 3.8) is 0 Å². The van der Waals surface area contributed by atoms with Crippen LogP contribution in [0.4, 0.5) is 0 Å². The number of ether oxygens (including phenoxy) is 2. The standard InChI is InChI=1S/C17H18ClN3O4/c1-3-25-17(23)15-12-9-21(7-6-13(12)19-20-15)16(22)11-8-10(18)4-5-14(11)24-2/h4-5,8H,3,6-7,9H2,1-2H3,(H,19,20). The number of aromatic amines is 1. The molecule has 0 spiro atoms. The van der Waals surface area contributed by atoms with Crippen molar-refractivity contribution >= 4 is 23.5 Å². The predicted octanol–water partition coefficient (Wildman–Crippen LogP) is 2.45. The maximum Gasteiger partial charge on any atom is 0.359 e. The Balaban J connectivity index is 1.88. The molecule has 8 heteroatoms. The second-order valence-electron chi connectivity index (χ2n) is 5.57. The number of aromatic nitrogens is 2. The number of nitrogens with zero attached hydrogens (tertiary/aromatic N) is 2. The van der Waals surface area contributed by atoms with E-state index < -0.39 is 5.97 Å². The van der Waals surface area contributed by atoms with E-state index >= 15 is 0 Å². The summed E-state index contributed by atoms with van der Waals surface area (Å²) in [6.45, 7) is 2.78. The lowest BCUT2D eigenvalue weighted by Gasteiger charge is -2.27. The first-order valence-corrected chi connectivity index (χ1v) is 8.29. The first-order valence-electron chi connectivity index (χ1n) is 7.91. The zero-order valence-electron chi connectivity index (χ0n) is 14.0. The molecule has 2 aromatic rings. The molecule has 1 aromatic heterocycles. The van der Waals surface area contributed by atoms with Gasteiger partial charge in [0.05, 0.1) is 25.8 Å². The smallest absolute Gasteiger partial charge is 0.359 e. The number of methoxy groups -OCH3 is 1. The van der Waals surface area contributed by atoms with Crippen LogP contribution >= 0.6 is 11.6 Å². The lowest BCUT2D eigenvalue weighted by molar-refractivity contribution is 0.0513. The van der Waals surface area contributed by atoms with Gasteiger partial charge >= 0.3 is 5.97 Å². The molecule has 0 radical (unpaired) electrons. The molecule has 1 aliphatic heterocycles. The molecule has 1 amide bonds. The summed E-state index contributed by atoms with van der Waals surface area (Å²) < 4.78 is 10.3. The average molecular weight is 364 g/mol. The molecule has 0 fully saturated rings. The summed E-state index contributed by atoms with van der Waals surface area (Å²) in [7, 11) is 1.50. The highest BCUT2D eigenvalue weighted by atomic mass is 35.5. The Morgan fingerprint density at radius 3 is 2.92 bits per heavy atom. The van der Waals surface area contributed by atoms with Gasteiger partial charge in [0.15, 0.2) is 5.69 Å². The van der Waals surface area contributed by atoms with Crippen LogP contribution in [0.2, 0.25) is 5.02 Å². The SMILES string of the molecule is CCOC(=O)c1n[nH]c2c1CN(C(=O)c1cc(Cl)ccc1OC)CC2. The van der Waals surface area contributed by atoms with E-state index in [4.69, 9.17) is 21.1 Å². The molecule has 1 aromatic carbocycles. The molecule has 3 rings (SSSR count). The molecule has 1 N–H and O–H groups in total. The maximum atomic E-state index is 12.9. The summed E-state index contributed by atoms with van der Waals surface area (Å²) in [4.78, 5) is 26.6. The Morgan fingerprint density at radius 2 is 2.20 bits per heavy atom. The number of fused-ring (bicyclic) bond motifs is 1. The Hall–Kier alpha value is -2.54. The largest absolute Gasteiger partial charge is 0.496 e. The molecule has 0 saturated carbocycles. The molecule has 25 heavy (non-hydrogen) atoms.